The molecule has 0 aliphatic rings. The molecule has 0 spiro atoms. The average molecular weight is 236 g/mol. The smallest absolute Gasteiger partial charge is 0.126 e. The van der Waals surface area contributed by atoms with E-state index in [2.05, 4.69) is 60.3 Å². The third kappa shape index (κ3) is 5.65. The van der Waals surface area contributed by atoms with Crippen LogP contribution in [0.25, 0.3) is 0 Å². The van der Waals surface area contributed by atoms with Gasteiger partial charge in [-0.05, 0) is 45.8 Å². The number of rotatable bonds is 7. The van der Waals surface area contributed by atoms with E-state index in [9.17, 15) is 0 Å². The number of hydrogen-bond acceptors (Lipinski definition) is 4. The quantitative estimate of drug-likeness (QED) is 0.777. The summed E-state index contributed by atoms with van der Waals surface area (Å²) in [5, 5.41) is 3.23. The molecule has 17 heavy (non-hydrogen) atoms. The Morgan fingerprint density at radius 3 is 2.65 bits per heavy atom. The number of anilines is 1. The summed E-state index contributed by atoms with van der Waals surface area (Å²) >= 11 is 0. The lowest BCUT2D eigenvalue weighted by atomic mass is 10.2. The molecule has 0 bridgehead atoms. The third-order valence-corrected chi connectivity index (χ3v) is 2.56. The van der Waals surface area contributed by atoms with Crippen LogP contribution in [0.3, 0.4) is 0 Å². The summed E-state index contributed by atoms with van der Waals surface area (Å²) in [7, 11) is 6.35. The zero-order chi connectivity index (χ0) is 12.7. The second kappa shape index (κ2) is 7.25. The minimum absolute atomic E-state index is 0.910. The maximum absolute atomic E-state index is 4.27. The fraction of sp³-hybridized carbons (Fsp3) is 0.615. The van der Waals surface area contributed by atoms with E-state index in [0.29, 0.717) is 0 Å². The number of likely N-dealkylation sites (N-methyl/N-ethyl adjacent to an activating group) is 2. The van der Waals surface area contributed by atoms with Crippen LogP contribution in [-0.2, 0) is 6.54 Å². The molecule has 4 nitrogen and oxygen atoms in total. The highest BCUT2D eigenvalue weighted by Crippen LogP contribution is 2.08. The first-order valence-corrected chi connectivity index (χ1v) is 6.14. The lowest BCUT2D eigenvalue weighted by Gasteiger charge is -2.19. The van der Waals surface area contributed by atoms with Crippen molar-refractivity contribution in [2.75, 3.05) is 46.1 Å². The molecule has 0 saturated carbocycles. The van der Waals surface area contributed by atoms with E-state index in [1.807, 2.05) is 6.20 Å². The van der Waals surface area contributed by atoms with Gasteiger partial charge in [0.05, 0.1) is 0 Å². The molecule has 0 fully saturated rings. The van der Waals surface area contributed by atoms with Crippen LogP contribution in [-0.4, -0.2) is 55.6 Å². The highest BCUT2D eigenvalue weighted by Gasteiger charge is 2.02. The molecule has 96 valence electrons. The van der Waals surface area contributed by atoms with Crippen LogP contribution in [0.1, 0.15) is 12.5 Å². The topological polar surface area (TPSA) is 31.4 Å². The van der Waals surface area contributed by atoms with Crippen molar-refractivity contribution in [3.63, 3.8) is 0 Å². The van der Waals surface area contributed by atoms with Crippen molar-refractivity contribution in [2.24, 2.45) is 0 Å². The van der Waals surface area contributed by atoms with Crippen LogP contribution >= 0.6 is 0 Å². The first kappa shape index (κ1) is 13.9. The monoisotopic (exact) mass is 236 g/mol. The van der Waals surface area contributed by atoms with Crippen LogP contribution in [0.2, 0.25) is 0 Å². The Bertz CT molecular complexity index is 325. The highest BCUT2D eigenvalue weighted by atomic mass is 15.1. The van der Waals surface area contributed by atoms with Gasteiger partial charge in [0.2, 0.25) is 0 Å². The standard InChI is InChI=1S/C13H24N4/c1-5-14-13-10-12(6-7-15-13)11-17(4)9-8-16(2)3/h6-7,10H,5,8-9,11H2,1-4H3,(H,14,15). The van der Waals surface area contributed by atoms with E-state index >= 15 is 0 Å². The zero-order valence-corrected chi connectivity index (χ0v) is 11.4. The summed E-state index contributed by atoms with van der Waals surface area (Å²) in [5.74, 6) is 0.964. The van der Waals surface area contributed by atoms with Gasteiger partial charge in [-0.3, -0.25) is 0 Å². The molecule has 1 heterocycles. The maximum atomic E-state index is 4.27. The van der Waals surface area contributed by atoms with Crippen molar-refractivity contribution in [2.45, 2.75) is 13.5 Å². The second-order valence-corrected chi connectivity index (χ2v) is 4.62. The Hall–Kier alpha value is -1.13. The van der Waals surface area contributed by atoms with Crippen LogP contribution in [0.15, 0.2) is 18.3 Å². The number of nitrogens with zero attached hydrogens (tertiary/aromatic N) is 3. The molecule has 1 aromatic rings. The average Bonchev–Trinajstić information content (AvgIpc) is 2.27. The zero-order valence-electron chi connectivity index (χ0n) is 11.4. The predicted octanol–water partition coefficient (Wildman–Crippen LogP) is 1.51. The summed E-state index contributed by atoms with van der Waals surface area (Å²) in [6.45, 7) is 6.12. The van der Waals surface area contributed by atoms with Crippen molar-refractivity contribution in [3.8, 4) is 0 Å². The summed E-state index contributed by atoms with van der Waals surface area (Å²) in [6.07, 6.45) is 1.87. The molecule has 0 aliphatic carbocycles. The first-order chi connectivity index (χ1) is 8.11. The molecule has 0 aliphatic heterocycles. The normalized spacial score (nSPS) is 11.2. The summed E-state index contributed by atoms with van der Waals surface area (Å²) in [4.78, 5) is 8.80. The van der Waals surface area contributed by atoms with Crippen LogP contribution in [0, 0.1) is 0 Å². The van der Waals surface area contributed by atoms with Crippen molar-refractivity contribution in [1.82, 2.24) is 14.8 Å². The Balaban J connectivity index is 2.46. The molecular formula is C13H24N4. The van der Waals surface area contributed by atoms with Gasteiger partial charge in [-0.25, -0.2) is 4.98 Å². The van der Waals surface area contributed by atoms with Crippen molar-refractivity contribution in [1.29, 1.82) is 0 Å². The van der Waals surface area contributed by atoms with E-state index in [1.54, 1.807) is 0 Å². The number of hydrogen-bond donors (Lipinski definition) is 1. The Morgan fingerprint density at radius 2 is 2.00 bits per heavy atom. The SMILES string of the molecule is CCNc1cc(CN(C)CCN(C)C)ccn1. The van der Waals surface area contributed by atoms with Gasteiger partial charge in [0.15, 0.2) is 0 Å². The van der Waals surface area contributed by atoms with Gasteiger partial charge in [-0.2, -0.15) is 0 Å². The van der Waals surface area contributed by atoms with Gasteiger partial charge in [-0.1, -0.05) is 0 Å². The fourth-order valence-electron chi connectivity index (χ4n) is 1.61. The van der Waals surface area contributed by atoms with Crippen LogP contribution in [0.4, 0.5) is 5.82 Å². The number of pyridine rings is 1. The van der Waals surface area contributed by atoms with Crippen molar-refractivity contribution in [3.05, 3.63) is 23.9 Å². The summed E-state index contributed by atoms with van der Waals surface area (Å²) < 4.78 is 0. The van der Waals surface area contributed by atoms with Crippen molar-refractivity contribution >= 4 is 5.82 Å². The molecule has 0 saturated heterocycles. The van der Waals surface area contributed by atoms with Gasteiger partial charge in [0, 0.05) is 32.4 Å². The molecule has 0 aromatic carbocycles. The third-order valence-electron chi connectivity index (χ3n) is 2.56. The van der Waals surface area contributed by atoms with Gasteiger partial charge < -0.3 is 15.1 Å². The number of nitrogens with one attached hydrogen (secondary N) is 1. The molecule has 1 aromatic heterocycles. The molecule has 1 N–H and O–H groups in total. The van der Waals surface area contributed by atoms with Gasteiger partial charge in [0.25, 0.3) is 0 Å². The minimum atomic E-state index is 0.910. The van der Waals surface area contributed by atoms with E-state index in [-0.39, 0.29) is 0 Å². The Morgan fingerprint density at radius 1 is 1.24 bits per heavy atom. The van der Waals surface area contributed by atoms with E-state index in [0.717, 1.165) is 32.0 Å². The predicted molar refractivity (Wildman–Crippen MR) is 73.3 cm³/mol. The van der Waals surface area contributed by atoms with Crippen molar-refractivity contribution < 1.29 is 0 Å². The fourth-order valence-corrected chi connectivity index (χ4v) is 1.61. The lowest BCUT2D eigenvalue weighted by Crippen LogP contribution is -2.28. The minimum Gasteiger partial charge on any atom is -0.370 e. The lowest BCUT2D eigenvalue weighted by molar-refractivity contribution is 0.276. The first-order valence-electron chi connectivity index (χ1n) is 6.14. The molecule has 1 rings (SSSR count). The van der Waals surface area contributed by atoms with Crippen LogP contribution in [0.5, 0.6) is 0 Å². The molecule has 0 unspecified atom stereocenters. The molecule has 0 radical (unpaired) electrons. The molecule has 4 heteroatoms. The van der Waals surface area contributed by atoms with Gasteiger partial charge in [-0.15, -0.1) is 0 Å². The molecular weight excluding hydrogens is 212 g/mol. The van der Waals surface area contributed by atoms with Gasteiger partial charge in [0.1, 0.15) is 5.82 Å². The Kier molecular flexibility index (Phi) is 5.94. The summed E-state index contributed by atoms with van der Waals surface area (Å²) in [6, 6.07) is 4.20. The maximum Gasteiger partial charge on any atom is 0.126 e. The van der Waals surface area contributed by atoms with E-state index < -0.39 is 0 Å². The summed E-state index contributed by atoms with van der Waals surface area (Å²) in [5.41, 5.74) is 1.30. The molecule has 0 amide bonds. The number of aromatic nitrogens is 1. The largest absolute Gasteiger partial charge is 0.370 e. The van der Waals surface area contributed by atoms with E-state index in [4.69, 9.17) is 0 Å². The Labute approximate surface area is 105 Å². The highest BCUT2D eigenvalue weighted by molar-refractivity contribution is 5.37. The second-order valence-electron chi connectivity index (χ2n) is 4.62. The van der Waals surface area contributed by atoms with E-state index in [1.165, 1.54) is 5.56 Å². The van der Waals surface area contributed by atoms with Crippen LogP contribution < -0.4 is 5.32 Å². The van der Waals surface area contributed by atoms with Gasteiger partial charge >= 0.3 is 0 Å². The molecule has 0 atom stereocenters.